The molecule has 0 saturated heterocycles. The van der Waals surface area contributed by atoms with Crippen LogP contribution in [0.4, 0.5) is 5.95 Å². The Kier molecular flexibility index (Phi) is 3.64. The molecule has 1 aromatic carbocycles. The van der Waals surface area contributed by atoms with E-state index in [2.05, 4.69) is 29.1 Å². The van der Waals surface area contributed by atoms with Crippen LogP contribution >= 0.6 is 0 Å². The van der Waals surface area contributed by atoms with E-state index in [-0.39, 0.29) is 11.6 Å². The van der Waals surface area contributed by atoms with Crippen LogP contribution in [0.1, 0.15) is 31.1 Å². The Bertz CT molecular complexity index is 611. The van der Waals surface area contributed by atoms with Crippen LogP contribution < -0.4 is 5.32 Å². The first-order chi connectivity index (χ1) is 8.99. The van der Waals surface area contributed by atoms with E-state index in [1.165, 1.54) is 0 Å². The molecule has 5 heteroatoms. The average Bonchev–Trinajstić information content (AvgIpc) is 2.37. The second-order valence-corrected chi connectivity index (χ2v) is 4.92. The van der Waals surface area contributed by atoms with Gasteiger partial charge in [0.2, 0.25) is 5.95 Å². The number of hydrogen-bond acceptors (Lipinski definition) is 4. The van der Waals surface area contributed by atoms with Crippen LogP contribution in [0, 0.1) is 5.92 Å². The van der Waals surface area contributed by atoms with Crippen molar-refractivity contribution < 1.29 is 9.90 Å². The van der Waals surface area contributed by atoms with E-state index in [4.69, 9.17) is 5.11 Å². The molecule has 0 spiro atoms. The molecule has 2 N–H and O–H groups in total. The smallest absolute Gasteiger partial charge is 0.337 e. The number of carboxylic acids is 1. The number of carbonyl (C=O) groups is 1. The molecule has 0 bridgehead atoms. The highest BCUT2D eigenvalue weighted by molar-refractivity contribution is 6.01. The molecule has 1 heterocycles. The molecule has 0 amide bonds. The fraction of sp³-hybridized carbons (Fsp3) is 0.357. The van der Waals surface area contributed by atoms with Gasteiger partial charge in [0.05, 0.1) is 11.1 Å². The minimum atomic E-state index is -0.979. The lowest BCUT2D eigenvalue weighted by atomic mass is 10.1. The first-order valence-electron chi connectivity index (χ1n) is 6.24. The quantitative estimate of drug-likeness (QED) is 0.883. The maximum Gasteiger partial charge on any atom is 0.337 e. The Hall–Kier alpha value is -2.17. The predicted octanol–water partition coefficient (Wildman–Crippen LogP) is 2.78. The molecule has 2 rings (SSSR count). The number of nitrogens with zero attached hydrogens (tertiary/aromatic N) is 2. The maximum atomic E-state index is 11.2. The molecule has 0 saturated carbocycles. The van der Waals surface area contributed by atoms with Crippen molar-refractivity contribution in [3.8, 4) is 0 Å². The van der Waals surface area contributed by atoms with Gasteiger partial charge in [-0.1, -0.05) is 26.0 Å². The van der Waals surface area contributed by atoms with Crippen molar-refractivity contribution >= 4 is 22.8 Å². The third kappa shape index (κ3) is 2.81. The molecule has 19 heavy (non-hydrogen) atoms. The number of para-hydroxylation sites is 1. The van der Waals surface area contributed by atoms with Crippen LogP contribution in [0.2, 0.25) is 0 Å². The van der Waals surface area contributed by atoms with E-state index < -0.39 is 5.97 Å². The number of nitrogens with one attached hydrogen (secondary N) is 1. The number of aromatic carboxylic acids is 1. The topological polar surface area (TPSA) is 75.1 Å². The molecule has 0 aliphatic rings. The molecular formula is C14H17N3O2. The number of carboxylic acid groups (broad SMARTS) is 1. The van der Waals surface area contributed by atoms with E-state index in [1.54, 1.807) is 24.4 Å². The third-order valence-electron chi connectivity index (χ3n) is 3.20. The Labute approximate surface area is 111 Å². The molecule has 1 aromatic heterocycles. The van der Waals surface area contributed by atoms with Crippen LogP contribution in [0.25, 0.3) is 10.9 Å². The van der Waals surface area contributed by atoms with Crippen molar-refractivity contribution in [3.63, 3.8) is 0 Å². The predicted molar refractivity (Wildman–Crippen MR) is 74.4 cm³/mol. The molecule has 0 radical (unpaired) electrons. The fourth-order valence-electron chi connectivity index (χ4n) is 1.67. The summed E-state index contributed by atoms with van der Waals surface area (Å²) < 4.78 is 0. The summed E-state index contributed by atoms with van der Waals surface area (Å²) in [6.07, 6.45) is 1.64. The van der Waals surface area contributed by atoms with Gasteiger partial charge in [-0.05, 0) is 18.9 Å². The summed E-state index contributed by atoms with van der Waals surface area (Å²) in [5.41, 5.74) is 0.656. The van der Waals surface area contributed by atoms with Crippen molar-refractivity contribution in [1.29, 1.82) is 0 Å². The monoisotopic (exact) mass is 259 g/mol. The highest BCUT2D eigenvalue weighted by Crippen LogP contribution is 2.18. The number of anilines is 1. The second-order valence-electron chi connectivity index (χ2n) is 4.92. The van der Waals surface area contributed by atoms with E-state index in [9.17, 15) is 4.79 Å². The SMILES string of the molecule is CC(C)C(C)Nc1ncc2cccc(C(=O)O)c2n1. The number of benzene rings is 1. The van der Waals surface area contributed by atoms with Gasteiger partial charge < -0.3 is 10.4 Å². The van der Waals surface area contributed by atoms with E-state index >= 15 is 0 Å². The molecule has 0 aliphatic heterocycles. The molecule has 1 atom stereocenters. The van der Waals surface area contributed by atoms with Gasteiger partial charge in [-0.25, -0.2) is 14.8 Å². The highest BCUT2D eigenvalue weighted by Gasteiger charge is 2.12. The van der Waals surface area contributed by atoms with Gasteiger partial charge in [0.15, 0.2) is 0 Å². The summed E-state index contributed by atoms with van der Waals surface area (Å²) in [7, 11) is 0. The van der Waals surface area contributed by atoms with E-state index in [0.717, 1.165) is 5.39 Å². The molecule has 0 fully saturated rings. The van der Waals surface area contributed by atoms with Gasteiger partial charge in [0, 0.05) is 17.6 Å². The highest BCUT2D eigenvalue weighted by atomic mass is 16.4. The molecule has 2 aromatic rings. The summed E-state index contributed by atoms with van der Waals surface area (Å²) in [5.74, 6) is -0.0800. The molecule has 1 unspecified atom stereocenters. The number of fused-ring (bicyclic) bond motifs is 1. The standard InChI is InChI=1S/C14H17N3O2/c1-8(2)9(3)16-14-15-7-10-5-4-6-11(13(18)19)12(10)17-14/h4-9H,1-3H3,(H,18,19)(H,15,16,17). The Balaban J connectivity index is 2.44. The van der Waals surface area contributed by atoms with Crippen LogP contribution in [-0.4, -0.2) is 27.1 Å². The lowest BCUT2D eigenvalue weighted by molar-refractivity contribution is 0.0699. The largest absolute Gasteiger partial charge is 0.478 e. The van der Waals surface area contributed by atoms with Gasteiger partial charge in [0.25, 0.3) is 0 Å². The summed E-state index contributed by atoms with van der Waals surface area (Å²) in [5, 5.41) is 13.1. The van der Waals surface area contributed by atoms with E-state index in [1.807, 2.05) is 6.92 Å². The fourth-order valence-corrected chi connectivity index (χ4v) is 1.67. The minimum absolute atomic E-state index is 0.195. The van der Waals surface area contributed by atoms with Crippen molar-refractivity contribution in [2.45, 2.75) is 26.8 Å². The summed E-state index contributed by atoms with van der Waals surface area (Å²) in [6.45, 7) is 6.24. The van der Waals surface area contributed by atoms with Crippen LogP contribution in [0.15, 0.2) is 24.4 Å². The lowest BCUT2D eigenvalue weighted by Gasteiger charge is -2.17. The number of hydrogen-bond donors (Lipinski definition) is 2. The van der Waals surface area contributed by atoms with Crippen molar-refractivity contribution in [3.05, 3.63) is 30.0 Å². The van der Waals surface area contributed by atoms with Crippen LogP contribution in [0.3, 0.4) is 0 Å². The van der Waals surface area contributed by atoms with Gasteiger partial charge in [-0.2, -0.15) is 0 Å². The maximum absolute atomic E-state index is 11.2. The summed E-state index contributed by atoms with van der Waals surface area (Å²) in [6, 6.07) is 5.26. The van der Waals surface area contributed by atoms with Crippen LogP contribution in [0.5, 0.6) is 0 Å². The number of aromatic nitrogens is 2. The normalized spacial score (nSPS) is 12.6. The van der Waals surface area contributed by atoms with Crippen molar-refractivity contribution in [2.24, 2.45) is 5.92 Å². The van der Waals surface area contributed by atoms with Gasteiger partial charge in [0.1, 0.15) is 0 Å². The Morgan fingerprint density at radius 1 is 1.32 bits per heavy atom. The Morgan fingerprint density at radius 2 is 2.05 bits per heavy atom. The first-order valence-corrected chi connectivity index (χ1v) is 6.24. The van der Waals surface area contributed by atoms with Crippen LogP contribution in [-0.2, 0) is 0 Å². The van der Waals surface area contributed by atoms with E-state index in [0.29, 0.717) is 17.4 Å². The molecule has 100 valence electrons. The van der Waals surface area contributed by atoms with Crippen molar-refractivity contribution in [2.75, 3.05) is 5.32 Å². The third-order valence-corrected chi connectivity index (χ3v) is 3.20. The number of rotatable bonds is 4. The van der Waals surface area contributed by atoms with Gasteiger partial charge >= 0.3 is 5.97 Å². The molecule has 5 nitrogen and oxygen atoms in total. The zero-order valence-corrected chi connectivity index (χ0v) is 11.2. The minimum Gasteiger partial charge on any atom is -0.478 e. The average molecular weight is 259 g/mol. The zero-order valence-electron chi connectivity index (χ0n) is 11.2. The molecule has 0 aliphatic carbocycles. The second kappa shape index (κ2) is 5.22. The summed E-state index contributed by atoms with van der Waals surface area (Å²) in [4.78, 5) is 19.7. The first kappa shape index (κ1) is 13.3. The summed E-state index contributed by atoms with van der Waals surface area (Å²) >= 11 is 0. The lowest BCUT2D eigenvalue weighted by Crippen LogP contribution is -2.22. The van der Waals surface area contributed by atoms with Crippen molar-refractivity contribution in [1.82, 2.24) is 9.97 Å². The van der Waals surface area contributed by atoms with Gasteiger partial charge in [-0.15, -0.1) is 0 Å². The Morgan fingerprint density at radius 3 is 2.68 bits per heavy atom. The zero-order chi connectivity index (χ0) is 14.0. The molecular weight excluding hydrogens is 242 g/mol. The van der Waals surface area contributed by atoms with Gasteiger partial charge in [-0.3, -0.25) is 0 Å².